The maximum atomic E-state index is 12.8. The zero-order valence-corrected chi connectivity index (χ0v) is 12.5. The zero-order chi connectivity index (χ0) is 15.5. The fourth-order valence-electron chi connectivity index (χ4n) is 3.09. The molecule has 1 aromatic heterocycles. The number of primary amides is 1. The minimum atomic E-state index is -0.639. The third kappa shape index (κ3) is 3.05. The van der Waals surface area contributed by atoms with Crippen molar-refractivity contribution in [2.75, 3.05) is 20.3 Å². The van der Waals surface area contributed by atoms with Crippen LogP contribution in [0.15, 0.2) is 18.3 Å². The molecule has 1 fully saturated rings. The van der Waals surface area contributed by atoms with Crippen molar-refractivity contribution in [1.82, 2.24) is 9.88 Å². The highest BCUT2D eigenvalue weighted by Gasteiger charge is 2.45. The highest BCUT2D eigenvalue weighted by molar-refractivity contribution is 5.96. The van der Waals surface area contributed by atoms with E-state index < -0.39 is 11.4 Å². The summed E-state index contributed by atoms with van der Waals surface area (Å²) in [4.78, 5) is 30.1. The monoisotopic (exact) mass is 291 g/mol. The molecule has 0 saturated carbocycles. The minimum absolute atomic E-state index is 0.114. The van der Waals surface area contributed by atoms with Gasteiger partial charge in [0.05, 0.1) is 24.1 Å². The summed E-state index contributed by atoms with van der Waals surface area (Å²) in [7, 11) is 1.57. The number of aromatic nitrogens is 1. The number of ether oxygens (including phenoxy) is 1. The molecule has 0 radical (unpaired) electrons. The van der Waals surface area contributed by atoms with Gasteiger partial charge in [-0.15, -0.1) is 0 Å². The van der Waals surface area contributed by atoms with Crippen LogP contribution < -0.4 is 5.73 Å². The first-order valence-corrected chi connectivity index (χ1v) is 7.01. The first kappa shape index (κ1) is 15.4. The standard InChI is InChI=1S/C15H21N3O3/c1-11-12(5-3-7-17-11)14(20)18-8-4-6-15(18,10-21-2)9-13(16)19/h3,5,7H,4,6,8-10H2,1-2H3,(H2,16,19)/t15-/m0/s1. The lowest BCUT2D eigenvalue weighted by Gasteiger charge is -2.37. The van der Waals surface area contributed by atoms with Gasteiger partial charge in [-0.3, -0.25) is 14.6 Å². The molecular formula is C15H21N3O3. The van der Waals surface area contributed by atoms with E-state index in [9.17, 15) is 9.59 Å². The van der Waals surface area contributed by atoms with E-state index in [2.05, 4.69) is 4.98 Å². The molecular weight excluding hydrogens is 270 g/mol. The molecule has 0 bridgehead atoms. The number of pyridine rings is 1. The number of nitrogens with two attached hydrogens (primary N) is 1. The Morgan fingerprint density at radius 3 is 2.90 bits per heavy atom. The molecule has 114 valence electrons. The third-order valence-electron chi connectivity index (χ3n) is 4.00. The molecule has 6 heteroatoms. The molecule has 0 unspecified atom stereocenters. The number of amides is 2. The second-order valence-electron chi connectivity index (χ2n) is 5.50. The highest BCUT2D eigenvalue weighted by atomic mass is 16.5. The largest absolute Gasteiger partial charge is 0.382 e. The van der Waals surface area contributed by atoms with E-state index in [1.807, 2.05) is 0 Å². The van der Waals surface area contributed by atoms with Gasteiger partial charge in [0.2, 0.25) is 5.91 Å². The Balaban J connectivity index is 2.33. The smallest absolute Gasteiger partial charge is 0.256 e. The van der Waals surface area contributed by atoms with Gasteiger partial charge in [-0.2, -0.15) is 0 Å². The van der Waals surface area contributed by atoms with Gasteiger partial charge < -0.3 is 15.4 Å². The Labute approximate surface area is 124 Å². The first-order chi connectivity index (χ1) is 10.00. The van der Waals surface area contributed by atoms with Crippen LogP contribution in [0.4, 0.5) is 0 Å². The average Bonchev–Trinajstić information content (AvgIpc) is 2.81. The summed E-state index contributed by atoms with van der Waals surface area (Å²) in [5.41, 5.74) is 5.97. The van der Waals surface area contributed by atoms with Crippen LogP contribution >= 0.6 is 0 Å². The SMILES string of the molecule is COC[C@@]1(CC(N)=O)CCCN1C(=O)c1cccnc1C. The Morgan fingerprint density at radius 2 is 2.29 bits per heavy atom. The topological polar surface area (TPSA) is 85.5 Å². The lowest BCUT2D eigenvalue weighted by Crippen LogP contribution is -2.52. The lowest BCUT2D eigenvalue weighted by atomic mass is 9.91. The maximum Gasteiger partial charge on any atom is 0.256 e. The molecule has 2 rings (SSSR count). The molecule has 21 heavy (non-hydrogen) atoms. The molecule has 6 nitrogen and oxygen atoms in total. The van der Waals surface area contributed by atoms with Crippen molar-refractivity contribution in [1.29, 1.82) is 0 Å². The quantitative estimate of drug-likeness (QED) is 0.873. The Bertz CT molecular complexity index is 547. The zero-order valence-electron chi connectivity index (χ0n) is 12.5. The van der Waals surface area contributed by atoms with Gasteiger partial charge in [-0.05, 0) is 31.9 Å². The fourth-order valence-corrected chi connectivity index (χ4v) is 3.09. The van der Waals surface area contributed by atoms with E-state index in [0.29, 0.717) is 24.4 Å². The molecule has 2 heterocycles. The predicted octanol–water partition coefficient (Wildman–Crippen LogP) is 0.887. The highest BCUT2D eigenvalue weighted by Crippen LogP contribution is 2.34. The Morgan fingerprint density at radius 1 is 1.52 bits per heavy atom. The van der Waals surface area contributed by atoms with Crippen molar-refractivity contribution in [3.05, 3.63) is 29.6 Å². The molecule has 2 N–H and O–H groups in total. The van der Waals surface area contributed by atoms with Crippen LogP contribution in [0.2, 0.25) is 0 Å². The van der Waals surface area contributed by atoms with Crippen LogP contribution in [0.5, 0.6) is 0 Å². The number of aryl methyl sites for hydroxylation is 1. The van der Waals surface area contributed by atoms with E-state index in [-0.39, 0.29) is 12.3 Å². The van der Waals surface area contributed by atoms with Gasteiger partial charge in [0.1, 0.15) is 0 Å². The molecule has 0 aliphatic carbocycles. The normalized spacial score (nSPS) is 21.5. The van der Waals surface area contributed by atoms with Crippen molar-refractivity contribution in [2.45, 2.75) is 31.7 Å². The summed E-state index contributed by atoms with van der Waals surface area (Å²) >= 11 is 0. The van der Waals surface area contributed by atoms with Gasteiger partial charge in [0.15, 0.2) is 0 Å². The van der Waals surface area contributed by atoms with E-state index in [0.717, 1.165) is 12.8 Å². The predicted molar refractivity (Wildman–Crippen MR) is 77.7 cm³/mol. The van der Waals surface area contributed by atoms with Gasteiger partial charge in [-0.25, -0.2) is 0 Å². The van der Waals surface area contributed by atoms with Crippen molar-refractivity contribution in [2.24, 2.45) is 5.73 Å². The van der Waals surface area contributed by atoms with Crippen molar-refractivity contribution in [3.8, 4) is 0 Å². The van der Waals surface area contributed by atoms with Crippen LogP contribution in [-0.4, -0.2) is 47.5 Å². The van der Waals surface area contributed by atoms with Crippen molar-refractivity contribution < 1.29 is 14.3 Å². The number of rotatable bonds is 5. The van der Waals surface area contributed by atoms with Gasteiger partial charge >= 0.3 is 0 Å². The number of nitrogens with zero attached hydrogens (tertiary/aromatic N) is 2. The summed E-state index contributed by atoms with van der Waals surface area (Å²) in [6.45, 7) is 2.71. The van der Waals surface area contributed by atoms with E-state index in [1.54, 1.807) is 37.3 Å². The summed E-state index contributed by atoms with van der Waals surface area (Å²) in [6.07, 6.45) is 3.32. The molecule has 1 atom stereocenters. The van der Waals surface area contributed by atoms with E-state index in [1.165, 1.54) is 0 Å². The molecule has 1 saturated heterocycles. The van der Waals surface area contributed by atoms with Gasteiger partial charge in [-0.1, -0.05) is 0 Å². The summed E-state index contributed by atoms with van der Waals surface area (Å²) in [5, 5.41) is 0. The number of hydrogen-bond acceptors (Lipinski definition) is 4. The average molecular weight is 291 g/mol. The number of likely N-dealkylation sites (tertiary alicyclic amines) is 1. The van der Waals surface area contributed by atoms with Crippen LogP contribution in [-0.2, 0) is 9.53 Å². The number of carbonyl (C=O) groups excluding carboxylic acids is 2. The van der Waals surface area contributed by atoms with Crippen LogP contribution in [0.1, 0.15) is 35.3 Å². The molecule has 0 aromatic carbocycles. The van der Waals surface area contributed by atoms with Crippen LogP contribution in [0.25, 0.3) is 0 Å². The second-order valence-corrected chi connectivity index (χ2v) is 5.50. The Kier molecular flexibility index (Phi) is 4.57. The molecule has 1 aromatic rings. The molecule has 2 amide bonds. The Hall–Kier alpha value is -1.95. The van der Waals surface area contributed by atoms with E-state index in [4.69, 9.17) is 10.5 Å². The van der Waals surface area contributed by atoms with Gasteiger partial charge in [0.25, 0.3) is 5.91 Å². The number of carbonyl (C=O) groups is 2. The summed E-state index contributed by atoms with van der Waals surface area (Å²) in [5.74, 6) is -0.536. The summed E-state index contributed by atoms with van der Waals surface area (Å²) in [6, 6.07) is 3.49. The van der Waals surface area contributed by atoms with E-state index >= 15 is 0 Å². The second kappa shape index (κ2) is 6.22. The first-order valence-electron chi connectivity index (χ1n) is 7.01. The van der Waals surface area contributed by atoms with Crippen LogP contribution in [0, 0.1) is 6.92 Å². The molecule has 1 aliphatic rings. The summed E-state index contributed by atoms with van der Waals surface area (Å²) < 4.78 is 5.26. The van der Waals surface area contributed by atoms with Crippen molar-refractivity contribution in [3.63, 3.8) is 0 Å². The number of hydrogen-bond donors (Lipinski definition) is 1. The molecule has 0 spiro atoms. The van der Waals surface area contributed by atoms with Gasteiger partial charge in [0, 0.05) is 25.5 Å². The minimum Gasteiger partial charge on any atom is -0.382 e. The third-order valence-corrected chi connectivity index (χ3v) is 4.00. The van der Waals surface area contributed by atoms with Crippen molar-refractivity contribution >= 4 is 11.8 Å². The fraction of sp³-hybridized carbons (Fsp3) is 0.533. The van der Waals surface area contributed by atoms with Crippen LogP contribution in [0.3, 0.4) is 0 Å². The maximum absolute atomic E-state index is 12.8. The lowest BCUT2D eigenvalue weighted by molar-refractivity contribution is -0.121. The molecule has 1 aliphatic heterocycles. The number of methoxy groups -OCH3 is 1.